The average Bonchev–Trinajstić information content (AvgIpc) is 1.86. The van der Waals surface area contributed by atoms with E-state index in [9.17, 15) is 16.8 Å². The van der Waals surface area contributed by atoms with Gasteiger partial charge in [0.15, 0.2) is 0 Å². The first kappa shape index (κ1) is 14.1. The monoisotopic (exact) mass is 218 g/mol. The zero-order valence-electron chi connectivity index (χ0n) is 6.34. The molecule has 74 valence electrons. The summed E-state index contributed by atoms with van der Waals surface area (Å²) in [6.07, 6.45) is 0. The Labute approximate surface area is 71.4 Å². The average molecular weight is 218 g/mol. The summed E-state index contributed by atoms with van der Waals surface area (Å²) in [4.78, 5) is 0. The van der Waals surface area contributed by atoms with E-state index in [-0.39, 0.29) is 5.75 Å². The van der Waals surface area contributed by atoms with Crippen molar-refractivity contribution in [1.29, 1.82) is 0 Å². The molecule has 0 amide bonds. The molecule has 8 heteroatoms. The van der Waals surface area contributed by atoms with Crippen LogP contribution < -0.4 is 0 Å². The van der Waals surface area contributed by atoms with E-state index < -0.39 is 20.2 Å². The SMILES string of the molecule is C=CS(=O)(=O)O.CCS(=O)(=O)O. The van der Waals surface area contributed by atoms with Crippen LogP contribution in [0.3, 0.4) is 0 Å². The van der Waals surface area contributed by atoms with E-state index in [1.165, 1.54) is 6.92 Å². The summed E-state index contributed by atoms with van der Waals surface area (Å²) < 4.78 is 53.5. The van der Waals surface area contributed by atoms with E-state index >= 15 is 0 Å². The molecule has 0 aliphatic heterocycles. The molecule has 0 rings (SSSR count). The van der Waals surface area contributed by atoms with Crippen molar-refractivity contribution in [2.45, 2.75) is 6.92 Å². The van der Waals surface area contributed by atoms with Crippen LogP contribution in [-0.4, -0.2) is 31.7 Å². The fraction of sp³-hybridized carbons (Fsp3) is 0.500. The topological polar surface area (TPSA) is 109 Å². The van der Waals surface area contributed by atoms with Crippen LogP contribution in [0.25, 0.3) is 0 Å². The molecule has 0 fully saturated rings. The van der Waals surface area contributed by atoms with Crippen molar-refractivity contribution in [2.75, 3.05) is 5.75 Å². The zero-order chi connectivity index (χ0) is 10.4. The maximum Gasteiger partial charge on any atom is 0.287 e. The predicted octanol–water partition coefficient (Wildman–Crippen LogP) is -0.0882. The molecule has 0 aromatic heterocycles. The lowest BCUT2D eigenvalue weighted by Gasteiger charge is -1.79. The molecule has 0 aliphatic rings. The lowest BCUT2D eigenvalue weighted by Crippen LogP contribution is -1.97. The van der Waals surface area contributed by atoms with Gasteiger partial charge in [-0.3, -0.25) is 9.11 Å². The van der Waals surface area contributed by atoms with Crippen LogP contribution >= 0.6 is 0 Å². The number of hydrogen-bond acceptors (Lipinski definition) is 4. The first-order valence-corrected chi connectivity index (χ1v) is 5.78. The van der Waals surface area contributed by atoms with Crippen LogP contribution in [-0.2, 0) is 20.2 Å². The lowest BCUT2D eigenvalue weighted by molar-refractivity contribution is 0.484. The highest BCUT2D eigenvalue weighted by molar-refractivity contribution is 7.88. The van der Waals surface area contributed by atoms with Gasteiger partial charge in [0.2, 0.25) is 0 Å². The third kappa shape index (κ3) is 22.7. The Hall–Kier alpha value is -0.440. The fourth-order valence-corrected chi connectivity index (χ4v) is 0. The van der Waals surface area contributed by atoms with Gasteiger partial charge >= 0.3 is 0 Å². The van der Waals surface area contributed by atoms with Gasteiger partial charge < -0.3 is 0 Å². The maximum absolute atomic E-state index is 9.56. The molecule has 2 N–H and O–H groups in total. The van der Waals surface area contributed by atoms with E-state index in [2.05, 4.69) is 6.58 Å². The summed E-state index contributed by atoms with van der Waals surface area (Å²) in [7, 11) is -7.56. The standard InChI is InChI=1S/C2H6O3S.C2H4O3S/c2*1-2-6(3,4)5/h2H2,1H3,(H,3,4,5);2H,1H2,(H,3,4,5). The molecule has 0 aromatic carbocycles. The van der Waals surface area contributed by atoms with Gasteiger partial charge in [0, 0.05) is 0 Å². The quantitative estimate of drug-likeness (QED) is 0.627. The van der Waals surface area contributed by atoms with Crippen LogP contribution in [0, 0.1) is 0 Å². The maximum atomic E-state index is 9.56. The molecule has 0 saturated carbocycles. The van der Waals surface area contributed by atoms with Crippen molar-refractivity contribution in [1.82, 2.24) is 0 Å². The van der Waals surface area contributed by atoms with Crippen molar-refractivity contribution >= 4 is 20.2 Å². The lowest BCUT2D eigenvalue weighted by atomic mass is 11.0. The van der Waals surface area contributed by atoms with E-state index in [0.29, 0.717) is 5.41 Å². The fourth-order valence-electron chi connectivity index (χ4n) is 0. The molecule has 0 aliphatic carbocycles. The minimum absolute atomic E-state index is 0.201. The van der Waals surface area contributed by atoms with Crippen molar-refractivity contribution in [3.05, 3.63) is 12.0 Å². The minimum atomic E-state index is -3.90. The largest absolute Gasteiger partial charge is 0.287 e. The Bertz CT molecular complexity index is 298. The third-order valence-corrected chi connectivity index (χ3v) is 1.73. The number of hydrogen-bond donors (Lipinski definition) is 2. The van der Waals surface area contributed by atoms with Crippen LogP contribution in [0.1, 0.15) is 6.92 Å². The molecule has 0 bridgehead atoms. The normalized spacial score (nSPS) is 11.2. The van der Waals surface area contributed by atoms with Crippen molar-refractivity contribution in [3.8, 4) is 0 Å². The molecule has 0 unspecified atom stereocenters. The van der Waals surface area contributed by atoms with E-state index in [4.69, 9.17) is 9.11 Å². The summed E-state index contributed by atoms with van der Waals surface area (Å²) >= 11 is 0. The van der Waals surface area contributed by atoms with Gasteiger partial charge in [-0.15, -0.1) is 0 Å². The summed E-state index contributed by atoms with van der Waals surface area (Å²) in [6.45, 7) is 4.16. The molecule has 6 nitrogen and oxygen atoms in total. The van der Waals surface area contributed by atoms with Gasteiger partial charge in [0.05, 0.1) is 11.2 Å². The summed E-state index contributed by atoms with van der Waals surface area (Å²) in [5.41, 5.74) is 0. The summed E-state index contributed by atoms with van der Waals surface area (Å²) in [5, 5.41) is 0.465. The second kappa shape index (κ2) is 5.25. The molecule has 0 atom stereocenters. The van der Waals surface area contributed by atoms with E-state index in [0.717, 1.165) is 0 Å². The predicted molar refractivity (Wildman–Crippen MR) is 43.8 cm³/mol. The van der Waals surface area contributed by atoms with Crippen LogP contribution in [0.15, 0.2) is 12.0 Å². The van der Waals surface area contributed by atoms with Gasteiger partial charge in [0.1, 0.15) is 0 Å². The van der Waals surface area contributed by atoms with Crippen LogP contribution in [0.5, 0.6) is 0 Å². The van der Waals surface area contributed by atoms with E-state index in [1.54, 1.807) is 0 Å². The van der Waals surface area contributed by atoms with Crippen LogP contribution in [0.2, 0.25) is 0 Å². The highest BCUT2D eigenvalue weighted by Crippen LogP contribution is 1.75. The van der Waals surface area contributed by atoms with Gasteiger partial charge in [-0.2, -0.15) is 16.8 Å². The van der Waals surface area contributed by atoms with Crippen molar-refractivity contribution < 1.29 is 25.9 Å². The third-order valence-electron chi connectivity index (χ3n) is 0.575. The zero-order valence-corrected chi connectivity index (χ0v) is 7.97. The molecule has 12 heavy (non-hydrogen) atoms. The minimum Gasteiger partial charge on any atom is -0.286 e. The van der Waals surface area contributed by atoms with Gasteiger partial charge in [-0.1, -0.05) is 6.58 Å². The van der Waals surface area contributed by atoms with Crippen molar-refractivity contribution in [3.63, 3.8) is 0 Å². The first-order valence-electron chi connectivity index (χ1n) is 2.67. The molecule has 0 radical (unpaired) electrons. The van der Waals surface area contributed by atoms with Gasteiger partial charge in [-0.05, 0) is 6.92 Å². The Morgan fingerprint density at radius 2 is 1.42 bits per heavy atom. The highest BCUT2D eigenvalue weighted by Gasteiger charge is 1.93. The molecule has 0 spiro atoms. The Kier molecular flexibility index (Phi) is 6.17. The number of rotatable bonds is 2. The van der Waals surface area contributed by atoms with E-state index in [1.807, 2.05) is 0 Å². The van der Waals surface area contributed by atoms with Crippen molar-refractivity contribution in [2.24, 2.45) is 0 Å². The highest BCUT2D eigenvalue weighted by atomic mass is 32.2. The second-order valence-electron chi connectivity index (χ2n) is 1.55. The second-order valence-corrected chi connectivity index (χ2v) is 4.66. The molecular formula is C4H10O6S2. The molecular weight excluding hydrogens is 208 g/mol. The Morgan fingerprint density at radius 1 is 1.25 bits per heavy atom. The molecule has 0 heterocycles. The molecule has 0 aromatic rings. The van der Waals surface area contributed by atoms with Crippen LogP contribution in [0.4, 0.5) is 0 Å². The first-order chi connectivity index (χ1) is 5.12. The molecule has 0 saturated heterocycles. The van der Waals surface area contributed by atoms with Gasteiger partial charge in [0.25, 0.3) is 20.2 Å². The summed E-state index contributed by atoms with van der Waals surface area (Å²) in [5.74, 6) is -0.201. The Morgan fingerprint density at radius 3 is 1.42 bits per heavy atom. The summed E-state index contributed by atoms with van der Waals surface area (Å²) in [6, 6.07) is 0. The Balaban J connectivity index is 0. The van der Waals surface area contributed by atoms with Gasteiger partial charge in [-0.25, -0.2) is 0 Å². The smallest absolute Gasteiger partial charge is 0.286 e.